The average molecular weight is 588 g/mol. The number of phenolic OH excluding ortho intramolecular Hbond substituents is 1. The molecule has 5 aliphatic rings. The van der Waals surface area contributed by atoms with E-state index in [1.54, 1.807) is 0 Å². The molecule has 1 spiro atoms. The van der Waals surface area contributed by atoms with Gasteiger partial charge in [-0.25, -0.2) is 0 Å². The molecule has 0 radical (unpaired) electrons. The molecule has 2 aliphatic heterocycles. The molecule has 2 N–H and O–H groups in total. The zero-order valence-electron chi connectivity index (χ0n) is 25.1. The highest BCUT2D eigenvalue weighted by Crippen LogP contribution is 2.60. The fourth-order valence-electron chi connectivity index (χ4n) is 9.76. The van der Waals surface area contributed by atoms with Crippen molar-refractivity contribution in [3.05, 3.63) is 76.9 Å². The molecule has 0 amide bonds. The van der Waals surface area contributed by atoms with Crippen LogP contribution in [0.3, 0.4) is 0 Å². The number of fused-ring (bicyclic) bond motifs is 12. The molecule has 2 heterocycles. The summed E-state index contributed by atoms with van der Waals surface area (Å²) in [6.45, 7) is 5.88. The molecule has 220 valence electrons. The quantitative estimate of drug-likeness (QED) is 0.238. The topological polar surface area (TPSA) is 32.3 Å². The van der Waals surface area contributed by atoms with Gasteiger partial charge in [0.05, 0.1) is 0 Å². The third kappa shape index (κ3) is 5.92. The molecular formula is C37H49NOS2. The van der Waals surface area contributed by atoms with Crippen LogP contribution in [0.5, 0.6) is 5.75 Å². The predicted molar refractivity (Wildman–Crippen MR) is 176 cm³/mol. The van der Waals surface area contributed by atoms with Gasteiger partial charge in [0.25, 0.3) is 0 Å². The van der Waals surface area contributed by atoms with Crippen LogP contribution in [0.25, 0.3) is 0 Å². The average Bonchev–Trinajstić information content (AvgIpc) is 3.14. The first-order chi connectivity index (χ1) is 19.9. The summed E-state index contributed by atoms with van der Waals surface area (Å²) in [6.07, 6.45) is 19.5. The van der Waals surface area contributed by atoms with E-state index in [0.717, 1.165) is 54.2 Å². The summed E-state index contributed by atoms with van der Waals surface area (Å²) in [5.41, 5.74) is 5.97. The van der Waals surface area contributed by atoms with Crippen molar-refractivity contribution >= 4 is 21.6 Å². The predicted octanol–water partition coefficient (Wildman–Crippen LogP) is 9.35. The fraction of sp³-hybridized carbons (Fsp3) is 0.622. The second-order valence-corrected chi connectivity index (χ2v) is 17.4. The van der Waals surface area contributed by atoms with Crippen LogP contribution in [0, 0.1) is 35.0 Å². The lowest BCUT2D eigenvalue weighted by Crippen LogP contribution is -2.48. The van der Waals surface area contributed by atoms with E-state index in [0.29, 0.717) is 11.2 Å². The number of rotatable bonds is 0. The molecule has 4 heteroatoms. The van der Waals surface area contributed by atoms with Crippen LogP contribution in [0.1, 0.15) is 93.9 Å². The summed E-state index contributed by atoms with van der Waals surface area (Å²) in [5.74, 6) is 5.58. The Morgan fingerprint density at radius 2 is 1.83 bits per heavy atom. The van der Waals surface area contributed by atoms with Gasteiger partial charge in [0.15, 0.2) is 0 Å². The van der Waals surface area contributed by atoms with Crippen molar-refractivity contribution in [1.82, 2.24) is 5.32 Å². The van der Waals surface area contributed by atoms with Crippen molar-refractivity contribution in [3.8, 4) is 5.75 Å². The lowest BCUT2D eigenvalue weighted by Gasteiger charge is -2.56. The third-order valence-electron chi connectivity index (χ3n) is 11.7. The lowest BCUT2D eigenvalue weighted by molar-refractivity contribution is -0.0273. The smallest absolute Gasteiger partial charge is 0.116 e. The van der Waals surface area contributed by atoms with Gasteiger partial charge in [0.1, 0.15) is 5.75 Å². The van der Waals surface area contributed by atoms with Crippen LogP contribution in [-0.2, 0) is 19.4 Å². The van der Waals surface area contributed by atoms with Crippen LogP contribution in [0.15, 0.2) is 54.6 Å². The summed E-state index contributed by atoms with van der Waals surface area (Å²) in [5, 5.41) is 15.7. The van der Waals surface area contributed by atoms with E-state index in [2.05, 4.69) is 89.3 Å². The number of hydrogen-bond donors (Lipinski definition) is 2. The van der Waals surface area contributed by atoms with E-state index < -0.39 is 0 Å². The Labute approximate surface area is 256 Å². The zero-order chi connectivity index (χ0) is 28.0. The van der Waals surface area contributed by atoms with Crippen LogP contribution in [0.2, 0.25) is 0 Å². The van der Waals surface area contributed by atoms with Gasteiger partial charge < -0.3 is 10.4 Å². The Kier molecular flexibility index (Phi) is 8.05. The van der Waals surface area contributed by atoms with Gasteiger partial charge in [-0.3, -0.25) is 0 Å². The van der Waals surface area contributed by atoms with E-state index >= 15 is 0 Å². The number of benzene rings is 2. The van der Waals surface area contributed by atoms with Gasteiger partial charge in [-0.2, -0.15) is 0 Å². The van der Waals surface area contributed by atoms with Crippen molar-refractivity contribution in [2.24, 2.45) is 35.0 Å². The molecule has 0 aromatic heterocycles. The number of hydrogen-bond acceptors (Lipinski definition) is 4. The summed E-state index contributed by atoms with van der Waals surface area (Å²) >= 11 is 0. The van der Waals surface area contributed by atoms with E-state index in [4.69, 9.17) is 0 Å². The minimum atomic E-state index is 0.166. The molecule has 41 heavy (non-hydrogen) atoms. The van der Waals surface area contributed by atoms with Crippen molar-refractivity contribution in [2.45, 2.75) is 102 Å². The monoisotopic (exact) mass is 587 g/mol. The molecular weight excluding hydrogens is 539 g/mol. The van der Waals surface area contributed by atoms with Gasteiger partial charge >= 0.3 is 0 Å². The maximum atomic E-state index is 10.9. The van der Waals surface area contributed by atoms with Gasteiger partial charge in [-0.1, -0.05) is 77.4 Å². The molecule has 3 fully saturated rings. The molecule has 3 aliphatic carbocycles. The standard InChI is InChI=1S/C37H49NOS2/c1-25-7-5-12-37(22-25)13-6-10-33-30-17-27-15-26(18-32(39)19-27)16-28-8-3-4-9-29(28)23-38-36(2)14-11-35(41-40-24-36)31(20-30)21-34(33)37/h3-5,8-9,12,15,18-19,25,30-31,33-35,38-39H,6-7,10-11,13-14,16-17,20-24H2,1-2H3/t25-,30+,31+,33-,34-,35+,36-,37+/m0/s1. The summed E-state index contributed by atoms with van der Waals surface area (Å²) < 4.78 is 0. The molecule has 2 nitrogen and oxygen atoms in total. The van der Waals surface area contributed by atoms with Gasteiger partial charge in [0.2, 0.25) is 0 Å². The fourth-order valence-corrected chi connectivity index (χ4v) is 13.4. The molecule has 2 aromatic carbocycles. The van der Waals surface area contributed by atoms with E-state index in [-0.39, 0.29) is 5.54 Å². The molecule has 2 saturated carbocycles. The van der Waals surface area contributed by atoms with Crippen LogP contribution < -0.4 is 5.32 Å². The molecule has 1 saturated heterocycles. The van der Waals surface area contributed by atoms with Gasteiger partial charge in [0, 0.05) is 23.1 Å². The van der Waals surface area contributed by atoms with E-state index in [9.17, 15) is 5.11 Å². The third-order valence-corrected chi connectivity index (χ3v) is 15.0. The van der Waals surface area contributed by atoms with Crippen LogP contribution >= 0.6 is 21.6 Å². The SMILES string of the molecule is C[C@H]1CC=C[C@@]2(CCC[C@H]3[C@@H]4Cc5cc(O)cc(c5)Cc5ccccc5CN[C@@]5(C)CC[C@@H](SSC5)[C@H](C4)C[C@@H]32)C1. The Bertz CT molecular complexity index is 1280. The van der Waals surface area contributed by atoms with Crippen molar-refractivity contribution in [1.29, 1.82) is 0 Å². The Hall–Kier alpha value is -1.36. The summed E-state index contributed by atoms with van der Waals surface area (Å²) in [4.78, 5) is 0. The zero-order valence-corrected chi connectivity index (χ0v) is 26.7. The highest BCUT2D eigenvalue weighted by molar-refractivity contribution is 8.77. The van der Waals surface area contributed by atoms with Crippen molar-refractivity contribution < 1.29 is 5.11 Å². The molecule has 2 aromatic rings. The second-order valence-electron chi connectivity index (χ2n) is 14.8. The first-order valence-electron chi connectivity index (χ1n) is 16.5. The molecule has 6 bridgehead atoms. The van der Waals surface area contributed by atoms with E-state index in [1.807, 2.05) is 6.07 Å². The number of phenols is 1. The van der Waals surface area contributed by atoms with Gasteiger partial charge in [-0.15, -0.1) is 0 Å². The maximum Gasteiger partial charge on any atom is 0.116 e. The summed E-state index contributed by atoms with van der Waals surface area (Å²) in [6, 6.07) is 15.5. The number of nitrogens with one attached hydrogen (secondary N) is 1. The molecule has 8 atom stereocenters. The maximum absolute atomic E-state index is 10.9. The van der Waals surface area contributed by atoms with E-state index in [1.165, 1.54) is 85.8 Å². The van der Waals surface area contributed by atoms with Crippen molar-refractivity contribution in [2.75, 3.05) is 5.75 Å². The van der Waals surface area contributed by atoms with Crippen LogP contribution in [-0.4, -0.2) is 21.6 Å². The second kappa shape index (κ2) is 11.6. The Balaban J connectivity index is 1.28. The minimum absolute atomic E-state index is 0.166. The summed E-state index contributed by atoms with van der Waals surface area (Å²) in [7, 11) is 4.38. The van der Waals surface area contributed by atoms with Crippen molar-refractivity contribution in [3.63, 3.8) is 0 Å². The minimum Gasteiger partial charge on any atom is -0.508 e. The normalized spacial score (nSPS) is 39.1. The number of allylic oxidation sites excluding steroid dienone is 2. The first-order valence-corrected chi connectivity index (χ1v) is 18.9. The first kappa shape index (κ1) is 28.4. The van der Waals surface area contributed by atoms with Gasteiger partial charge in [-0.05, 0) is 141 Å². The largest absolute Gasteiger partial charge is 0.508 e. The van der Waals surface area contributed by atoms with Crippen LogP contribution in [0.4, 0.5) is 0 Å². The highest BCUT2D eigenvalue weighted by atomic mass is 33.1. The Morgan fingerprint density at radius 3 is 2.71 bits per heavy atom. The highest BCUT2D eigenvalue weighted by Gasteiger charge is 2.52. The molecule has 7 rings (SSSR count). The molecule has 0 unspecified atom stereocenters. The Morgan fingerprint density at radius 1 is 0.976 bits per heavy atom. The number of aromatic hydroxyl groups is 1. The lowest BCUT2D eigenvalue weighted by atomic mass is 9.49.